The van der Waals surface area contributed by atoms with Crippen LogP contribution in [0.4, 0.5) is 4.79 Å². The number of hydrogen-bond donors (Lipinski definition) is 2. The largest absolute Gasteiger partial charge is 0.481 e. The topological polar surface area (TPSA) is 75.6 Å². The Morgan fingerprint density at radius 2 is 1.77 bits per heavy atom. The number of alkyl carbamates (subject to hydrolysis) is 1. The zero-order valence-corrected chi connectivity index (χ0v) is 14.6. The Hall–Kier alpha value is -3.08. The molecule has 0 saturated carbocycles. The maximum atomic E-state index is 11.6. The number of carboxylic acids is 1. The zero-order chi connectivity index (χ0) is 18.6. The van der Waals surface area contributed by atoms with Crippen LogP contribution in [0.25, 0.3) is 6.08 Å². The fourth-order valence-corrected chi connectivity index (χ4v) is 2.41. The Labute approximate surface area is 153 Å². The van der Waals surface area contributed by atoms with E-state index < -0.39 is 12.1 Å². The van der Waals surface area contributed by atoms with Gasteiger partial charge in [-0.05, 0) is 29.5 Å². The lowest BCUT2D eigenvalue weighted by molar-refractivity contribution is -0.136. The summed E-state index contributed by atoms with van der Waals surface area (Å²) < 4.78 is 5.14. The third kappa shape index (κ3) is 7.21. The van der Waals surface area contributed by atoms with Crippen LogP contribution >= 0.6 is 0 Å². The number of carbonyl (C=O) groups is 2. The van der Waals surface area contributed by atoms with Gasteiger partial charge in [0.1, 0.15) is 6.61 Å². The quantitative estimate of drug-likeness (QED) is 0.667. The summed E-state index contributed by atoms with van der Waals surface area (Å²) >= 11 is 0. The van der Waals surface area contributed by atoms with Gasteiger partial charge in [-0.1, -0.05) is 66.7 Å². The van der Waals surface area contributed by atoms with Gasteiger partial charge in [0, 0.05) is 13.0 Å². The Morgan fingerprint density at radius 1 is 1.04 bits per heavy atom. The molecule has 5 heteroatoms. The summed E-state index contributed by atoms with van der Waals surface area (Å²) in [6.45, 7) is 0.723. The van der Waals surface area contributed by atoms with Crippen LogP contribution in [-0.2, 0) is 22.6 Å². The Balaban J connectivity index is 1.70. The maximum Gasteiger partial charge on any atom is 0.407 e. The van der Waals surface area contributed by atoms with Crippen molar-refractivity contribution in [3.05, 3.63) is 77.4 Å². The van der Waals surface area contributed by atoms with E-state index in [1.807, 2.05) is 66.7 Å². The lowest BCUT2D eigenvalue weighted by Gasteiger charge is -2.06. The fourth-order valence-electron chi connectivity index (χ4n) is 2.41. The van der Waals surface area contributed by atoms with E-state index in [2.05, 4.69) is 5.32 Å². The molecule has 0 atom stereocenters. The van der Waals surface area contributed by atoms with E-state index >= 15 is 0 Å². The van der Waals surface area contributed by atoms with Gasteiger partial charge in [-0.15, -0.1) is 0 Å². The molecule has 0 unspecified atom stereocenters. The number of amides is 1. The molecule has 0 bridgehead atoms. The number of aryl methyl sites for hydroxylation is 1. The van der Waals surface area contributed by atoms with Crippen molar-refractivity contribution in [2.24, 2.45) is 0 Å². The second-order valence-corrected chi connectivity index (χ2v) is 5.77. The first-order chi connectivity index (χ1) is 12.6. The molecule has 1 amide bonds. The van der Waals surface area contributed by atoms with Crippen LogP contribution in [-0.4, -0.2) is 23.7 Å². The smallest absolute Gasteiger partial charge is 0.407 e. The first-order valence-electron chi connectivity index (χ1n) is 8.56. The molecule has 2 aromatic rings. The van der Waals surface area contributed by atoms with Crippen molar-refractivity contribution in [2.75, 3.05) is 6.54 Å². The second-order valence-electron chi connectivity index (χ2n) is 5.77. The van der Waals surface area contributed by atoms with Gasteiger partial charge < -0.3 is 15.2 Å². The molecule has 136 valence electrons. The molecule has 2 rings (SSSR count). The van der Waals surface area contributed by atoms with Crippen molar-refractivity contribution in [1.29, 1.82) is 0 Å². The number of carbonyl (C=O) groups excluding carboxylic acids is 1. The molecule has 0 aliphatic rings. The minimum absolute atomic E-state index is 0.111. The van der Waals surface area contributed by atoms with Gasteiger partial charge in [0.25, 0.3) is 0 Å². The third-order valence-electron chi connectivity index (χ3n) is 3.75. The Kier molecular flexibility index (Phi) is 7.93. The fraction of sp³-hybridized carbons (Fsp3) is 0.238. The zero-order valence-electron chi connectivity index (χ0n) is 14.6. The minimum Gasteiger partial charge on any atom is -0.481 e. The number of nitrogens with one attached hydrogen (secondary N) is 1. The van der Waals surface area contributed by atoms with Crippen LogP contribution in [0, 0.1) is 0 Å². The van der Waals surface area contributed by atoms with Crippen LogP contribution in [0.1, 0.15) is 29.5 Å². The predicted molar refractivity (Wildman–Crippen MR) is 101 cm³/mol. The molecule has 0 radical (unpaired) electrons. The van der Waals surface area contributed by atoms with Crippen LogP contribution in [0.5, 0.6) is 0 Å². The molecule has 0 aromatic heterocycles. The van der Waals surface area contributed by atoms with E-state index in [0.29, 0.717) is 19.4 Å². The minimum atomic E-state index is -0.804. The van der Waals surface area contributed by atoms with Crippen LogP contribution in [0.15, 0.2) is 60.7 Å². The van der Waals surface area contributed by atoms with Crippen molar-refractivity contribution in [2.45, 2.75) is 25.9 Å². The number of rotatable bonds is 9. The Morgan fingerprint density at radius 3 is 2.54 bits per heavy atom. The molecule has 0 heterocycles. The van der Waals surface area contributed by atoms with E-state index in [1.54, 1.807) is 0 Å². The van der Waals surface area contributed by atoms with Crippen molar-refractivity contribution in [3.63, 3.8) is 0 Å². The van der Waals surface area contributed by atoms with E-state index in [-0.39, 0.29) is 13.0 Å². The molecule has 2 N–H and O–H groups in total. The summed E-state index contributed by atoms with van der Waals surface area (Å²) in [5, 5.41) is 11.5. The summed E-state index contributed by atoms with van der Waals surface area (Å²) in [4.78, 5) is 22.4. The van der Waals surface area contributed by atoms with Crippen molar-refractivity contribution >= 4 is 18.1 Å². The van der Waals surface area contributed by atoms with Gasteiger partial charge in [-0.2, -0.15) is 0 Å². The summed E-state index contributed by atoms with van der Waals surface area (Å²) in [6, 6.07) is 17.2. The molecule has 0 aliphatic heterocycles. The van der Waals surface area contributed by atoms with Crippen LogP contribution < -0.4 is 5.32 Å². The van der Waals surface area contributed by atoms with E-state index in [1.165, 1.54) is 0 Å². The normalized spacial score (nSPS) is 10.6. The van der Waals surface area contributed by atoms with Gasteiger partial charge in [-0.3, -0.25) is 4.79 Å². The highest BCUT2D eigenvalue weighted by Crippen LogP contribution is 2.13. The summed E-state index contributed by atoms with van der Waals surface area (Å²) in [6.07, 6.45) is 4.74. The Bertz CT molecular complexity index is 741. The second kappa shape index (κ2) is 10.7. The molecule has 2 aromatic carbocycles. The number of benzene rings is 2. The van der Waals surface area contributed by atoms with Gasteiger partial charge in [-0.25, -0.2) is 4.79 Å². The molecule has 0 spiro atoms. The monoisotopic (exact) mass is 353 g/mol. The molecule has 26 heavy (non-hydrogen) atoms. The number of hydrogen-bond acceptors (Lipinski definition) is 3. The first-order valence-corrected chi connectivity index (χ1v) is 8.56. The number of ether oxygens (including phenoxy) is 1. The maximum absolute atomic E-state index is 11.6. The van der Waals surface area contributed by atoms with E-state index in [0.717, 1.165) is 16.7 Å². The van der Waals surface area contributed by atoms with Gasteiger partial charge in [0.15, 0.2) is 0 Å². The van der Waals surface area contributed by atoms with Crippen LogP contribution in [0.2, 0.25) is 0 Å². The highest BCUT2D eigenvalue weighted by Gasteiger charge is 2.03. The lowest BCUT2D eigenvalue weighted by Crippen LogP contribution is -2.24. The van der Waals surface area contributed by atoms with E-state index in [4.69, 9.17) is 9.84 Å². The van der Waals surface area contributed by atoms with Gasteiger partial charge >= 0.3 is 12.1 Å². The summed E-state index contributed by atoms with van der Waals surface area (Å²) in [5.74, 6) is -0.804. The van der Waals surface area contributed by atoms with Crippen molar-refractivity contribution < 1.29 is 19.4 Å². The molecule has 5 nitrogen and oxygen atoms in total. The highest BCUT2D eigenvalue weighted by molar-refractivity contribution is 5.68. The average Bonchev–Trinajstić information content (AvgIpc) is 2.66. The molecular formula is C21H23NO4. The van der Waals surface area contributed by atoms with Crippen molar-refractivity contribution in [1.82, 2.24) is 5.32 Å². The number of aliphatic carboxylic acids is 1. The predicted octanol–water partition coefficient (Wildman–Crippen LogP) is 4.03. The summed E-state index contributed by atoms with van der Waals surface area (Å²) in [5.41, 5.74) is 2.95. The third-order valence-corrected chi connectivity index (χ3v) is 3.75. The molecular weight excluding hydrogens is 330 g/mol. The van der Waals surface area contributed by atoms with Gasteiger partial charge in [0.2, 0.25) is 0 Å². The SMILES string of the molecule is O=C(O)CCc1ccccc1C=CCCNC(=O)OCc1ccccc1. The average molecular weight is 353 g/mol. The van der Waals surface area contributed by atoms with Crippen molar-refractivity contribution in [3.8, 4) is 0 Å². The molecule has 0 saturated heterocycles. The number of carboxylic acid groups (broad SMARTS) is 1. The van der Waals surface area contributed by atoms with Crippen LogP contribution in [0.3, 0.4) is 0 Å². The van der Waals surface area contributed by atoms with Gasteiger partial charge in [0.05, 0.1) is 0 Å². The first kappa shape index (κ1) is 19.2. The standard InChI is InChI=1S/C21H23NO4/c23-20(24)14-13-19-11-5-4-10-18(19)12-6-7-15-22-21(25)26-16-17-8-2-1-3-9-17/h1-6,8-12H,7,13-16H2,(H,22,25)(H,23,24). The van der Waals surface area contributed by atoms with E-state index in [9.17, 15) is 9.59 Å². The summed E-state index contributed by atoms with van der Waals surface area (Å²) in [7, 11) is 0. The highest BCUT2D eigenvalue weighted by atomic mass is 16.5. The lowest BCUT2D eigenvalue weighted by atomic mass is 10.0. The molecule has 0 aliphatic carbocycles. The molecule has 0 fully saturated rings.